The van der Waals surface area contributed by atoms with Crippen LogP contribution in [0.15, 0.2) is 84.9 Å². The van der Waals surface area contributed by atoms with E-state index in [4.69, 9.17) is 9.47 Å². The van der Waals surface area contributed by atoms with Gasteiger partial charge in [0, 0.05) is 0 Å². The van der Waals surface area contributed by atoms with Gasteiger partial charge in [-0.1, -0.05) is 60.7 Å². The smallest absolute Gasteiger partial charge is 0.337 e. The van der Waals surface area contributed by atoms with Gasteiger partial charge < -0.3 is 9.47 Å². The number of aryl methyl sites for hydroxylation is 6. The van der Waals surface area contributed by atoms with Crippen molar-refractivity contribution in [2.45, 2.75) is 41.5 Å². The predicted octanol–water partition coefficient (Wildman–Crippen LogP) is 9.78. The lowest BCUT2D eigenvalue weighted by molar-refractivity contribution is 0.0592. The normalized spacial score (nSPS) is 10.9. The van der Waals surface area contributed by atoms with Gasteiger partial charge in [-0.15, -0.1) is 0 Å². The first kappa shape index (κ1) is 30.5. The highest BCUT2D eigenvalue weighted by Crippen LogP contribution is 2.39. The maximum Gasteiger partial charge on any atom is 0.337 e. The van der Waals surface area contributed by atoms with E-state index in [0.29, 0.717) is 11.1 Å². The molecule has 0 saturated carbocycles. The van der Waals surface area contributed by atoms with Crippen molar-refractivity contribution in [3.63, 3.8) is 0 Å². The maximum atomic E-state index is 11.9. The number of benzene rings is 5. The standard InChI is InChI=1S/C40H38O4/c1-23-19-35(25(3)17-33(23)29-9-13-31(14-10-29)39(41)43-7)37-21-28(6)38(22-27(37)5)36-20-24(2)34(18-26(36)4)30-11-15-32(16-12-30)40(42)44-8/h9-22H,1-8H3. The van der Waals surface area contributed by atoms with Crippen molar-refractivity contribution < 1.29 is 19.1 Å². The minimum Gasteiger partial charge on any atom is -0.465 e. The van der Waals surface area contributed by atoms with Crippen LogP contribution in [0.3, 0.4) is 0 Å². The summed E-state index contributed by atoms with van der Waals surface area (Å²) < 4.78 is 9.69. The van der Waals surface area contributed by atoms with Gasteiger partial charge in [0.15, 0.2) is 0 Å². The summed E-state index contributed by atoms with van der Waals surface area (Å²) in [4.78, 5) is 23.7. The van der Waals surface area contributed by atoms with E-state index < -0.39 is 0 Å². The van der Waals surface area contributed by atoms with Gasteiger partial charge in [-0.05, 0) is 144 Å². The Morgan fingerprint density at radius 2 is 0.614 bits per heavy atom. The van der Waals surface area contributed by atoms with Crippen molar-refractivity contribution in [1.29, 1.82) is 0 Å². The first-order chi connectivity index (χ1) is 21.0. The van der Waals surface area contributed by atoms with Crippen LogP contribution in [0.5, 0.6) is 0 Å². The fourth-order valence-electron chi connectivity index (χ4n) is 6.04. The van der Waals surface area contributed by atoms with Crippen LogP contribution >= 0.6 is 0 Å². The molecule has 0 radical (unpaired) electrons. The number of hydrogen-bond donors (Lipinski definition) is 0. The molecule has 0 aliphatic carbocycles. The summed E-state index contributed by atoms with van der Waals surface area (Å²) in [6.07, 6.45) is 0. The summed E-state index contributed by atoms with van der Waals surface area (Å²) in [5.41, 5.74) is 17.7. The number of carbonyl (C=O) groups is 2. The van der Waals surface area contributed by atoms with E-state index in [9.17, 15) is 9.59 Å². The van der Waals surface area contributed by atoms with Crippen LogP contribution in [0.4, 0.5) is 0 Å². The Bertz CT molecular complexity index is 1750. The summed E-state index contributed by atoms with van der Waals surface area (Å²) in [5, 5.41) is 0. The third-order valence-corrected chi connectivity index (χ3v) is 8.53. The fraction of sp³-hybridized carbons (Fsp3) is 0.200. The number of hydrogen-bond acceptors (Lipinski definition) is 4. The van der Waals surface area contributed by atoms with Gasteiger partial charge in [0.05, 0.1) is 25.3 Å². The number of carbonyl (C=O) groups excluding carboxylic acids is 2. The van der Waals surface area contributed by atoms with Crippen LogP contribution < -0.4 is 0 Å². The van der Waals surface area contributed by atoms with E-state index in [1.807, 2.05) is 48.5 Å². The van der Waals surface area contributed by atoms with Crippen molar-refractivity contribution in [3.05, 3.63) is 129 Å². The lowest BCUT2D eigenvalue weighted by Gasteiger charge is -2.19. The van der Waals surface area contributed by atoms with Crippen LogP contribution in [0.2, 0.25) is 0 Å². The Morgan fingerprint density at radius 1 is 0.386 bits per heavy atom. The molecule has 5 rings (SSSR count). The highest BCUT2D eigenvalue weighted by molar-refractivity contribution is 5.91. The molecule has 5 aromatic carbocycles. The van der Waals surface area contributed by atoms with E-state index in [-0.39, 0.29) is 11.9 Å². The van der Waals surface area contributed by atoms with Crippen LogP contribution in [-0.2, 0) is 9.47 Å². The first-order valence-corrected chi connectivity index (χ1v) is 14.7. The summed E-state index contributed by atoms with van der Waals surface area (Å²) in [7, 11) is 2.79. The van der Waals surface area contributed by atoms with E-state index >= 15 is 0 Å². The average Bonchev–Trinajstić information content (AvgIpc) is 3.03. The lowest BCUT2D eigenvalue weighted by atomic mass is 9.85. The highest BCUT2D eigenvalue weighted by Gasteiger charge is 2.16. The Morgan fingerprint density at radius 3 is 0.864 bits per heavy atom. The zero-order valence-corrected chi connectivity index (χ0v) is 26.7. The molecule has 44 heavy (non-hydrogen) atoms. The highest BCUT2D eigenvalue weighted by atomic mass is 16.5. The molecule has 0 aromatic heterocycles. The second-order valence-electron chi connectivity index (χ2n) is 11.6. The average molecular weight is 583 g/mol. The molecule has 0 heterocycles. The molecule has 0 amide bonds. The molecule has 0 fully saturated rings. The first-order valence-electron chi connectivity index (χ1n) is 14.7. The molecule has 0 bridgehead atoms. The summed E-state index contributed by atoms with van der Waals surface area (Å²) in [5.74, 6) is -0.663. The monoisotopic (exact) mass is 582 g/mol. The van der Waals surface area contributed by atoms with Crippen molar-refractivity contribution in [3.8, 4) is 44.5 Å². The third kappa shape index (κ3) is 5.80. The topological polar surface area (TPSA) is 52.6 Å². The zero-order valence-electron chi connectivity index (χ0n) is 26.7. The summed E-state index contributed by atoms with van der Waals surface area (Å²) in [6, 6.07) is 28.8. The SMILES string of the molecule is COC(=O)c1ccc(-c2cc(C)c(-c3cc(C)c(-c4cc(C)c(-c5ccc(C(=O)OC)cc5)cc4C)cc3C)cc2C)cc1. The van der Waals surface area contributed by atoms with Gasteiger partial charge in [-0.2, -0.15) is 0 Å². The number of rotatable bonds is 6. The van der Waals surface area contributed by atoms with Crippen LogP contribution in [0, 0.1) is 41.5 Å². The molecule has 5 aromatic rings. The summed E-state index contributed by atoms with van der Waals surface area (Å²) in [6.45, 7) is 13.0. The number of methoxy groups -OCH3 is 2. The van der Waals surface area contributed by atoms with Gasteiger partial charge in [-0.25, -0.2) is 9.59 Å². The van der Waals surface area contributed by atoms with Crippen molar-refractivity contribution in [1.82, 2.24) is 0 Å². The second kappa shape index (κ2) is 12.3. The van der Waals surface area contributed by atoms with E-state index in [1.54, 1.807) is 0 Å². The quantitative estimate of drug-likeness (QED) is 0.187. The fourth-order valence-corrected chi connectivity index (χ4v) is 6.04. The van der Waals surface area contributed by atoms with Crippen molar-refractivity contribution in [2.24, 2.45) is 0 Å². The van der Waals surface area contributed by atoms with Gasteiger partial charge in [0.2, 0.25) is 0 Å². The summed E-state index contributed by atoms with van der Waals surface area (Å²) >= 11 is 0. The van der Waals surface area contributed by atoms with Crippen molar-refractivity contribution >= 4 is 11.9 Å². The minimum atomic E-state index is -0.331. The van der Waals surface area contributed by atoms with Crippen LogP contribution in [-0.4, -0.2) is 26.2 Å². The molecule has 0 spiro atoms. The van der Waals surface area contributed by atoms with Crippen molar-refractivity contribution in [2.75, 3.05) is 14.2 Å². The Kier molecular flexibility index (Phi) is 8.55. The molecule has 222 valence electrons. The van der Waals surface area contributed by atoms with Gasteiger partial charge >= 0.3 is 11.9 Å². The Hall–Kier alpha value is -4.96. The van der Waals surface area contributed by atoms with Gasteiger partial charge in [0.1, 0.15) is 0 Å². The largest absolute Gasteiger partial charge is 0.465 e. The molecule has 0 aliphatic heterocycles. The Balaban J connectivity index is 1.48. The van der Waals surface area contributed by atoms with E-state index in [0.717, 1.165) is 22.3 Å². The molecule has 0 atom stereocenters. The lowest BCUT2D eigenvalue weighted by Crippen LogP contribution is -2.00. The van der Waals surface area contributed by atoms with E-state index in [2.05, 4.69) is 77.9 Å². The van der Waals surface area contributed by atoms with Crippen LogP contribution in [0.1, 0.15) is 54.1 Å². The predicted molar refractivity (Wildman–Crippen MR) is 179 cm³/mol. The third-order valence-electron chi connectivity index (χ3n) is 8.53. The maximum absolute atomic E-state index is 11.9. The molecule has 4 heteroatoms. The van der Waals surface area contributed by atoms with Crippen LogP contribution in [0.25, 0.3) is 44.5 Å². The molecule has 0 N–H and O–H groups in total. The molecule has 4 nitrogen and oxygen atoms in total. The zero-order chi connectivity index (χ0) is 31.7. The molecular weight excluding hydrogens is 544 g/mol. The molecule has 0 aliphatic rings. The van der Waals surface area contributed by atoms with Gasteiger partial charge in [-0.3, -0.25) is 0 Å². The Labute approximate surface area is 260 Å². The van der Waals surface area contributed by atoms with E-state index in [1.165, 1.54) is 69.9 Å². The second-order valence-corrected chi connectivity index (χ2v) is 11.6. The van der Waals surface area contributed by atoms with Gasteiger partial charge in [0.25, 0.3) is 0 Å². The molecule has 0 saturated heterocycles. The number of esters is 2. The minimum absolute atomic E-state index is 0.331. The number of ether oxygens (including phenoxy) is 2. The molecular formula is C40H38O4. The molecule has 0 unspecified atom stereocenters.